The minimum absolute atomic E-state index is 0.0269. The number of primary amides is 1. The van der Waals surface area contributed by atoms with E-state index in [-0.39, 0.29) is 18.4 Å². The number of benzene rings is 3. The number of hydrogen-bond donors (Lipinski definition) is 3. The summed E-state index contributed by atoms with van der Waals surface area (Å²) in [7, 11) is 0. The molecule has 3 amide bonds. The third-order valence-corrected chi connectivity index (χ3v) is 5.23. The third-order valence-electron chi connectivity index (χ3n) is 4.88. The highest BCUT2D eigenvalue weighted by atomic mass is 35.5. The molecule has 30 heavy (non-hydrogen) atoms. The Morgan fingerprint density at radius 1 is 0.867 bits per heavy atom. The lowest BCUT2D eigenvalue weighted by Crippen LogP contribution is -2.37. The average molecular weight is 422 g/mol. The summed E-state index contributed by atoms with van der Waals surface area (Å²) in [5.41, 5.74) is 9.17. The molecule has 6 heteroatoms. The first-order valence-electron chi connectivity index (χ1n) is 9.69. The van der Waals surface area contributed by atoms with Crippen LogP contribution >= 0.6 is 11.6 Å². The molecular formula is C24H24ClN3O2. The number of hydrogen-bond acceptors (Lipinski definition) is 2. The quantitative estimate of drug-likeness (QED) is 0.502. The topological polar surface area (TPSA) is 84.2 Å². The number of carbonyl (C=O) groups is 2. The van der Waals surface area contributed by atoms with Crippen LogP contribution in [0.2, 0.25) is 5.02 Å². The number of amides is 3. The number of carbonyl (C=O) groups excluding carboxylic acids is 2. The van der Waals surface area contributed by atoms with Gasteiger partial charge in [0.2, 0.25) is 5.91 Å². The molecular weight excluding hydrogens is 398 g/mol. The summed E-state index contributed by atoms with van der Waals surface area (Å²) in [6.45, 7) is 1.92. The zero-order valence-electron chi connectivity index (χ0n) is 16.6. The molecule has 0 heterocycles. The molecule has 0 aliphatic carbocycles. The van der Waals surface area contributed by atoms with Gasteiger partial charge in [0.1, 0.15) is 0 Å². The fourth-order valence-electron chi connectivity index (χ4n) is 3.33. The van der Waals surface area contributed by atoms with Crippen molar-refractivity contribution in [3.63, 3.8) is 0 Å². The van der Waals surface area contributed by atoms with Gasteiger partial charge in [0.15, 0.2) is 0 Å². The summed E-state index contributed by atoms with van der Waals surface area (Å²) >= 11 is 6.23. The number of halogens is 1. The average Bonchev–Trinajstić information content (AvgIpc) is 2.74. The molecule has 4 N–H and O–H groups in total. The van der Waals surface area contributed by atoms with Crippen molar-refractivity contribution in [3.05, 3.63) is 95.0 Å². The Balaban J connectivity index is 1.66. The van der Waals surface area contributed by atoms with Crippen LogP contribution in [0.1, 0.15) is 36.6 Å². The molecule has 0 bridgehead atoms. The second-order valence-electron chi connectivity index (χ2n) is 7.06. The van der Waals surface area contributed by atoms with Crippen LogP contribution < -0.4 is 16.4 Å². The van der Waals surface area contributed by atoms with E-state index in [4.69, 9.17) is 17.3 Å². The zero-order valence-corrected chi connectivity index (χ0v) is 17.4. The van der Waals surface area contributed by atoms with Crippen molar-refractivity contribution in [2.45, 2.75) is 25.4 Å². The van der Waals surface area contributed by atoms with E-state index in [1.807, 2.05) is 49.4 Å². The van der Waals surface area contributed by atoms with Crippen LogP contribution in [-0.2, 0) is 4.79 Å². The van der Waals surface area contributed by atoms with Gasteiger partial charge in [-0.25, -0.2) is 4.79 Å². The molecule has 154 valence electrons. The summed E-state index contributed by atoms with van der Waals surface area (Å²) in [4.78, 5) is 24.1. The normalized spacial score (nSPS) is 12.6. The number of nitrogens with two attached hydrogens (primary N) is 1. The summed E-state index contributed by atoms with van der Waals surface area (Å²) in [5.74, 6) is -0.215. The molecule has 3 aromatic carbocycles. The maximum atomic E-state index is 12.6. The SMILES string of the molecule is C[C@H](NC(=O)C[C@H](NC(N)=O)c1ccccc1Cl)c1ccc(-c2ccccc2)cc1. The molecule has 0 unspecified atom stereocenters. The van der Waals surface area contributed by atoms with E-state index in [2.05, 4.69) is 22.8 Å². The van der Waals surface area contributed by atoms with E-state index in [1.165, 1.54) is 0 Å². The lowest BCUT2D eigenvalue weighted by Gasteiger charge is -2.21. The van der Waals surface area contributed by atoms with E-state index in [9.17, 15) is 9.59 Å². The molecule has 0 saturated heterocycles. The maximum Gasteiger partial charge on any atom is 0.312 e. The lowest BCUT2D eigenvalue weighted by atomic mass is 10.0. The van der Waals surface area contributed by atoms with Gasteiger partial charge < -0.3 is 16.4 Å². The summed E-state index contributed by atoms with van der Waals surface area (Å²) < 4.78 is 0. The Morgan fingerprint density at radius 3 is 2.10 bits per heavy atom. The second-order valence-corrected chi connectivity index (χ2v) is 7.47. The van der Waals surface area contributed by atoms with E-state index >= 15 is 0 Å². The molecule has 3 aromatic rings. The van der Waals surface area contributed by atoms with Gasteiger partial charge in [0, 0.05) is 5.02 Å². The second kappa shape index (κ2) is 9.94. The summed E-state index contributed by atoms with van der Waals surface area (Å²) in [6.07, 6.45) is 0.0269. The lowest BCUT2D eigenvalue weighted by molar-refractivity contribution is -0.122. The molecule has 2 atom stereocenters. The van der Waals surface area contributed by atoms with Crippen LogP contribution in [0.5, 0.6) is 0 Å². The Morgan fingerprint density at radius 2 is 1.47 bits per heavy atom. The number of nitrogens with one attached hydrogen (secondary N) is 2. The van der Waals surface area contributed by atoms with E-state index in [0.717, 1.165) is 16.7 Å². The largest absolute Gasteiger partial charge is 0.352 e. The van der Waals surface area contributed by atoms with Crippen molar-refractivity contribution < 1.29 is 9.59 Å². The fourth-order valence-corrected chi connectivity index (χ4v) is 3.60. The molecule has 0 fully saturated rings. The Bertz CT molecular complexity index is 1010. The van der Waals surface area contributed by atoms with Crippen LogP contribution in [0.3, 0.4) is 0 Å². The van der Waals surface area contributed by atoms with Gasteiger partial charge in [-0.05, 0) is 35.2 Å². The highest BCUT2D eigenvalue weighted by molar-refractivity contribution is 6.31. The van der Waals surface area contributed by atoms with Gasteiger partial charge in [-0.15, -0.1) is 0 Å². The standard InChI is InChI=1S/C24H24ClN3O2/c1-16(17-11-13-19(14-12-17)18-7-3-2-4-8-18)27-23(29)15-22(28-24(26)30)20-9-5-6-10-21(20)25/h2-14,16,22H,15H2,1H3,(H,27,29)(H3,26,28,30)/t16-,22-/m0/s1. The molecule has 0 saturated carbocycles. The molecule has 0 aliphatic rings. The van der Waals surface area contributed by atoms with Gasteiger partial charge in [-0.1, -0.05) is 84.4 Å². The highest BCUT2D eigenvalue weighted by Crippen LogP contribution is 2.26. The minimum atomic E-state index is -0.711. The van der Waals surface area contributed by atoms with Crippen LogP contribution in [0.15, 0.2) is 78.9 Å². The van der Waals surface area contributed by atoms with Gasteiger partial charge in [-0.2, -0.15) is 0 Å². The first kappa shape index (κ1) is 21.4. The van der Waals surface area contributed by atoms with E-state index < -0.39 is 12.1 Å². The smallest absolute Gasteiger partial charge is 0.312 e. The Hall–Kier alpha value is -3.31. The first-order chi connectivity index (χ1) is 14.4. The Labute approximate surface area is 181 Å². The van der Waals surface area contributed by atoms with E-state index in [0.29, 0.717) is 10.6 Å². The van der Waals surface area contributed by atoms with Crippen molar-refractivity contribution in [2.75, 3.05) is 0 Å². The van der Waals surface area contributed by atoms with Crippen LogP contribution in [0.4, 0.5) is 4.79 Å². The van der Waals surface area contributed by atoms with Crippen molar-refractivity contribution in [2.24, 2.45) is 5.73 Å². The maximum absolute atomic E-state index is 12.6. The number of rotatable bonds is 7. The van der Waals surface area contributed by atoms with E-state index in [1.54, 1.807) is 24.3 Å². The molecule has 5 nitrogen and oxygen atoms in total. The van der Waals surface area contributed by atoms with Gasteiger partial charge >= 0.3 is 6.03 Å². The van der Waals surface area contributed by atoms with Crippen molar-refractivity contribution >= 4 is 23.5 Å². The molecule has 0 radical (unpaired) electrons. The predicted molar refractivity (Wildman–Crippen MR) is 120 cm³/mol. The summed E-state index contributed by atoms with van der Waals surface area (Å²) in [5, 5.41) is 6.04. The van der Waals surface area contributed by atoms with Crippen molar-refractivity contribution in [1.82, 2.24) is 10.6 Å². The van der Waals surface area contributed by atoms with Crippen molar-refractivity contribution in [3.8, 4) is 11.1 Å². The highest BCUT2D eigenvalue weighted by Gasteiger charge is 2.21. The van der Waals surface area contributed by atoms with Crippen LogP contribution in [0, 0.1) is 0 Å². The monoisotopic (exact) mass is 421 g/mol. The minimum Gasteiger partial charge on any atom is -0.352 e. The Kier molecular flexibility index (Phi) is 7.09. The first-order valence-corrected chi connectivity index (χ1v) is 10.1. The van der Waals surface area contributed by atoms with Crippen molar-refractivity contribution in [1.29, 1.82) is 0 Å². The van der Waals surface area contributed by atoms with Gasteiger partial charge in [0.25, 0.3) is 0 Å². The molecule has 0 spiro atoms. The predicted octanol–water partition coefficient (Wildman–Crippen LogP) is 4.98. The molecule has 3 rings (SSSR count). The third kappa shape index (κ3) is 5.61. The van der Waals surface area contributed by atoms with Crippen LogP contribution in [-0.4, -0.2) is 11.9 Å². The van der Waals surface area contributed by atoms with Gasteiger partial charge in [0.05, 0.1) is 18.5 Å². The number of urea groups is 1. The fraction of sp³-hybridized carbons (Fsp3) is 0.167. The zero-order chi connectivity index (χ0) is 21.5. The summed E-state index contributed by atoms with van der Waals surface area (Å²) in [6, 6.07) is 23.7. The molecule has 0 aliphatic heterocycles. The van der Waals surface area contributed by atoms with Crippen LogP contribution in [0.25, 0.3) is 11.1 Å². The van der Waals surface area contributed by atoms with Gasteiger partial charge in [-0.3, -0.25) is 4.79 Å². The molecule has 0 aromatic heterocycles.